The van der Waals surface area contributed by atoms with Crippen LogP contribution in [-0.4, -0.2) is 101 Å². The van der Waals surface area contributed by atoms with E-state index >= 15 is 0 Å². The maximum absolute atomic E-state index is 13.6. The Bertz CT molecular complexity index is 1180. The number of hydrogen-bond donors (Lipinski definition) is 5. The van der Waals surface area contributed by atoms with Gasteiger partial charge in [0.1, 0.15) is 29.0 Å². The van der Waals surface area contributed by atoms with Crippen LogP contribution in [0.1, 0.15) is 52.4 Å². The van der Waals surface area contributed by atoms with Gasteiger partial charge >= 0.3 is 6.09 Å². The summed E-state index contributed by atoms with van der Waals surface area (Å²) in [4.78, 5) is 52.7. The third kappa shape index (κ3) is 6.89. The van der Waals surface area contributed by atoms with E-state index in [1.807, 2.05) is 4.72 Å². The number of β-amino-alcohol motifs (C(OH)–C–C–N with tert-alkyl or cyclic N) is 1. The van der Waals surface area contributed by atoms with Crippen LogP contribution >= 0.6 is 0 Å². The summed E-state index contributed by atoms with van der Waals surface area (Å²) in [5, 5.41) is 24.4. The molecule has 5 N–H and O–H groups in total. The van der Waals surface area contributed by atoms with Crippen molar-refractivity contribution in [2.75, 3.05) is 13.2 Å². The number of nitrogens with one attached hydrogen (secondary N) is 3. The summed E-state index contributed by atoms with van der Waals surface area (Å²) in [7, 11) is -4.36. The first kappa shape index (κ1) is 32.5. The Morgan fingerprint density at radius 3 is 2.39 bits per heavy atom. The van der Waals surface area contributed by atoms with Crippen LogP contribution < -0.4 is 15.4 Å². The second kappa shape index (κ2) is 12.4. The molecular weight excluding hydrogens is 563 g/mol. The van der Waals surface area contributed by atoms with Gasteiger partial charge in [0.25, 0.3) is 5.91 Å². The molecule has 1 saturated heterocycles. The number of likely N-dealkylation sites (tertiary alicyclic amines) is 1. The van der Waals surface area contributed by atoms with Crippen LogP contribution in [0.15, 0.2) is 25.3 Å². The average Bonchev–Trinajstić information content (AvgIpc) is 3.81. The average molecular weight is 603 g/mol. The van der Waals surface area contributed by atoms with Crippen molar-refractivity contribution in [3.05, 3.63) is 25.3 Å². The smallest absolute Gasteiger partial charge is 0.405 e. The number of nitrogens with zero attached hydrogens (tertiary/aromatic N) is 1. The molecule has 1 aliphatic heterocycles. The Hall–Kier alpha value is -3.04. The first-order chi connectivity index (χ1) is 19.2. The van der Waals surface area contributed by atoms with E-state index in [1.165, 1.54) is 13.0 Å². The first-order valence-electron chi connectivity index (χ1n) is 13.5. The number of carbonyl (C=O) groups excluding carboxylic acids is 3. The highest BCUT2D eigenvalue weighted by Gasteiger charge is 2.63. The minimum Gasteiger partial charge on any atom is -0.465 e. The van der Waals surface area contributed by atoms with Gasteiger partial charge in [-0.2, -0.15) is 0 Å². The highest BCUT2D eigenvalue weighted by molar-refractivity contribution is 7.91. The third-order valence-electron chi connectivity index (χ3n) is 8.00. The van der Waals surface area contributed by atoms with Crippen molar-refractivity contribution in [3.8, 4) is 0 Å². The van der Waals surface area contributed by atoms with E-state index in [0.717, 1.165) is 4.90 Å². The van der Waals surface area contributed by atoms with Crippen molar-refractivity contribution in [1.82, 2.24) is 20.3 Å². The zero-order valence-corrected chi connectivity index (χ0v) is 24.0. The number of aliphatic hydroxyl groups excluding tert-OH is 1. The summed E-state index contributed by atoms with van der Waals surface area (Å²) in [5.74, 6) is -3.35. The molecule has 0 aromatic rings. The molecule has 7 atom stereocenters. The van der Waals surface area contributed by atoms with E-state index in [4.69, 9.17) is 4.74 Å². The van der Waals surface area contributed by atoms with Crippen molar-refractivity contribution in [2.24, 2.45) is 5.92 Å². The molecule has 13 nitrogen and oxygen atoms in total. The van der Waals surface area contributed by atoms with E-state index in [-0.39, 0.29) is 38.3 Å². The van der Waals surface area contributed by atoms with E-state index < -0.39 is 81.0 Å². The Kier molecular flexibility index (Phi) is 9.86. The number of sulfonamides is 1. The normalized spacial score (nSPS) is 28.5. The molecule has 0 bridgehead atoms. The highest BCUT2D eigenvalue weighted by atomic mass is 32.2. The zero-order chi connectivity index (χ0) is 30.8. The molecule has 15 heteroatoms. The second-order valence-corrected chi connectivity index (χ2v) is 13.2. The predicted octanol–water partition coefficient (Wildman–Crippen LogP) is 0.353. The molecule has 4 amide bonds. The summed E-state index contributed by atoms with van der Waals surface area (Å²) in [5.41, 5.74) is -1.70. The number of rotatable bonds is 15. The number of amides is 4. The minimum absolute atomic E-state index is 0.0199. The third-order valence-corrected chi connectivity index (χ3v) is 10.1. The Labute approximate surface area is 238 Å². The fourth-order valence-electron chi connectivity index (χ4n) is 5.14. The van der Waals surface area contributed by atoms with E-state index in [1.54, 1.807) is 13.0 Å². The molecule has 1 unspecified atom stereocenters. The number of allylic oxidation sites excluding steroid dienone is 1. The Morgan fingerprint density at radius 1 is 1.22 bits per heavy atom. The van der Waals surface area contributed by atoms with Gasteiger partial charge in [0.05, 0.1) is 18.3 Å². The summed E-state index contributed by atoms with van der Waals surface area (Å²) < 4.78 is 44.8. The Balaban J connectivity index is 1.78. The fourth-order valence-corrected chi connectivity index (χ4v) is 6.56. The molecule has 2 saturated carbocycles. The van der Waals surface area contributed by atoms with Crippen molar-refractivity contribution in [2.45, 2.75) is 93.1 Å². The SMILES string of the molecule is C=CCCC(C)O[C@@H](C)[C@H](NC(=O)O)C(=O)N1C[C@H](O)C[C@H]1C(=O)N[C@]1(C(=O)NS(=O)(=O)C2(CF)CC2)C[C@H]1C=C. The number of halogens is 1. The van der Waals surface area contributed by atoms with E-state index in [0.29, 0.717) is 12.8 Å². The van der Waals surface area contributed by atoms with Crippen molar-refractivity contribution in [3.63, 3.8) is 0 Å². The lowest BCUT2D eigenvalue weighted by atomic mass is 10.1. The molecule has 2 aliphatic carbocycles. The second-order valence-electron chi connectivity index (χ2n) is 11.1. The number of aliphatic hydroxyl groups is 1. The lowest BCUT2D eigenvalue weighted by Crippen LogP contribution is -2.60. The zero-order valence-electron chi connectivity index (χ0n) is 23.2. The molecule has 230 valence electrons. The number of hydrogen-bond acceptors (Lipinski definition) is 8. The Morgan fingerprint density at radius 2 is 1.88 bits per heavy atom. The van der Waals surface area contributed by atoms with Crippen LogP contribution in [0.5, 0.6) is 0 Å². The lowest BCUT2D eigenvalue weighted by molar-refractivity contribution is -0.144. The van der Waals surface area contributed by atoms with Gasteiger partial charge in [-0.3, -0.25) is 19.1 Å². The molecule has 0 spiro atoms. The van der Waals surface area contributed by atoms with Crippen LogP contribution in [-0.2, 0) is 29.1 Å². The van der Waals surface area contributed by atoms with Gasteiger partial charge in [-0.1, -0.05) is 12.2 Å². The summed E-state index contributed by atoms with van der Waals surface area (Å²) in [6, 6.07) is -2.71. The topological polar surface area (TPSA) is 191 Å². The van der Waals surface area contributed by atoms with Gasteiger partial charge in [0.2, 0.25) is 21.8 Å². The van der Waals surface area contributed by atoms with Crippen molar-refractivity contribution < 1.29 is 46.9 Å². The number of alkyl halides is 1. The summed E-state index contributed by atoms with van der Waals surface area (Å²) in [6.45, 7) is 9.08. The summed E-state index contributed by atoms with van der Waals surface area (Å²) in [6.07, 6.45) is 0.317. The molecule has 3 fully saturated rings. The molecule has 3 rings (SSSR count). The van der Waals surface area contributed by atoms with Gasteiger partial charge in [-0.25, -0.2) is 17.6 Å². The van der Waals surface area contributed by atoms with Gasteiger partial charge in [-0.15, -0.1) is 13.2 Å². The molecule has 3 aliphatic rings. The molecule has 0 aromatic heterocycles. The molecule has 0 radical (unpaired) electrons. The van der Waals surface area contributed by atoms with Gasteiger partial charge in [0, 0.05) is 18.9 Å². The van der Waals surface area contributed by atoms with Crippen molar-refractivity contribution >= 4 is 33.8 Å². The quantitative estimate of drug-likeness (QED) is 0.165. The van der Waals surface area contributed by atoms with Crippen LogP contribution in [0.25, 0.3) is 0 Å². The maximum Gasteiger partial charge on any atom is 0.405 e. The van der Waals surface area contributed by atoms with E-state index in [2.05, 4.69) is 23.8 Å². The van der Waals surface area contributed by atoms with E-state index in [9.17, 15) is 42.2 Å². The van der Waals surface area contributed by atoms with Gasteiger partial charge < -0.3 is 30.5 Å². The van der Waals surface area contributed by atoms with Crippen molar-refractivity contribution in [1.29, 1.82) is 0 Å². The largest absolute Gasteiger partial charge is 0.465 e. The van der Waals surface area contributed by atoms with Crippen LogP contribution in [0, 0.1) is 5.92 Å². The van der Waals surface area contributed by atoms with Crippen LogP contribution in [0.3, 0.4) is 0 Å². The molecule has 1 heterocycles. The monoisotopic (exact) mass is 602 g/mol. The van der Waals surface area contributed by atoms with Gasteiger partial charge in [-0.05, 0) is 46.0 Å². The lowest BCUT2D eigenvalue weighted by Gasteiger charge is -2.32. The maximum atomic E-state index is 13.6. The van der Waals surface area contributed by atoms with Crippen LogP contribution in [0.2, 0.25) is 0 Å². The predicted molar refractivity (Wildman–Crippen MR) is 145 cm³/mol. The molecule has 41 heavy (non-hydrogen) atoms. The molecular formula is C26H39FN4O9S. The number of carbonyl (C=O) groups is 4. The minimum atomic E-state index is -4.36. The van der Waals surface area contributed by atoms with Crippen LogP contribution in [0.4, 0.5) is 9.18 Å². The van der Waals surface area contributed by atoms with Gasteiger partial charge in [0.15, 0.2) is 0 Å². The first-order valence-corrected chi connectivity index (χ1v) is 15.0. The number of carboxylic acid groups (broad SMARTS) is 1. The fraction of sp³-hybridized carbons (Fsp3) is 0.692. The standard InChI is InChI=1S/C26H39FN4O9S/c1-5-7-8-15(3)40-16(4)20(28-24(36)37)22(34)31-13-18(32)11-19(31)21(33)29-26(12-17(26)6-2)23(35)30-41(38,39)25(14-27)9-10-25/h5-6,15-20,28,32H,1-2,7-14H2,3-4H3,(H,29,33)(H,30,35)(H,36,37)/t15?,16-,17+,18+,19-,20-,26+/m0/s1. The summed E-state index contributed by atoms with van der Waals surface area (Å²) >= 11 is 0. The number of ether oxygens (including phenoxy) is 1. The highest BCUT2D eigenvalue weighted by Crippen LogP contribution is 2.47. The molecule has 0 aromatic carbocycles.